The number of hydrogen-bond donors (Lipinski definition) is 2. The van der Waals surface area contributed by atoms with E-state index in [0.29, 0.717) is 28.9 Å². The van der Waals surface area contributed by atoms with E-state index in [9.17, 15) is 14.7 Å². The Bertz CT molecular complexity index is 1490. The normalized spacial score (nSPS) is 11.1. The summed E-state index contributed by atoms with van der Waals surface area (Å²) in [5.74, 6) is 0.174. The summed E-state index contributed by atoms with van der Waals surface area (Å²) in [7, 11) is 0. The third-order valence-corrected chi connectivity index (χ3v) is 5.77. The second kappa shape index (κ2) is 7.78. The summed E-state index contributed by atoms with van der Waals surface area (Å²) in [5.41, 5.74) is 11.7. The Morgan fingerprint density at radius 3 is 2.59 bits per heavy atom. The molecule has 0 aliphatic carbocycles. The molecule has 0 spiro atoms. The van der Waals surface area contributed by atoms with E-state index in [4.69, 9.17) is 10.5 Å². The second-order valence-corrected chi connectivity index (χ2v) is 7.77. The summed E-state index contributed by atoms with van der Waals surface area (Å²) in [6.07, 6.45) is -0.671. The van der Waals surface area contributed by atoms with Crippen LogP contribution in [0.2, 0.25) is 0 Å². The Morgan fingerprint density at radius 1 is 1.06 bits per heavy atom. The second-order valence-electron chi connectivity index (χ2n) is 7.24. The zero-order valence-corrected chi connectivity index (χ0v) is 17.4. The maximum Gasteiger partial charge on any atom is 0.512 e. The average molecular weight is 444 g/mol. The molecule has 2 aromatic heterocycles. The number of benzene rings is 3. The third-order valence-electron chi connectivity index (χ3n) is 5.22. The monoisotopic (exact) mass is 444 g/mol. The Balaban J connectivity index is 1.74. The van der Waals surface area contributed by atoms with Gasteiger partial charge in [-0.2, -0.15) is 8.75 Å². The van der Waals surface area contributed by atoms with Crippen molar-refractivity contribution in [1.29, 1.82) is 0 Å². The van der Waals surface area contributed by atoms with Crippen LogP contribution in [0.15, 0.2) is 60.7 Å². The maximum atomic E-state index is 11.6. The van der Waals surface area contributed by atoms with Crippen molar-refractivity contribution in [2.24, 2.45) is 0 Å². The van der Waals surface area contributed by atoms with Crippen LogP contribution in [0.1, 0.15) is 15.9 Å². The topological polar surface area (TPSA) is 120 Å². The molecule has 0 fully saturated rings. The SMILES string of the molecule is Nc1ccc2c(c1)c(-c1ccc(C=O)cc1)c(OC(=O)O)n2Cc1ccc2nsnc2c1. The van der Waals surface area contributed by atoms with Crippen molar-refractivity contribution in [3.05, 3.63) is 71.8 Å². The van der Waals surface area contributed by atoms with Crippen molar-refractivity contribution in [1.82, 2.24) is 13.3 Å². The van der Waals surface area contributed by atoms with Crippen LogP contribution >= 0.6 is 11.7 Å². The summed E-state index contributed by atoms with van der Waals surface area (Å²) < 4.78 is 15.6. The van der Waals surface area contributed by atoms with Gasteiger partial charge < -0.3 is 20.1 Å². The fourth-order valence-corrected chi connectivity index (χ4v) is 4.33. The van der Waals surface area contributed by atoms with Crippen LogP contribution in [-0.4, -0.2) is 30.9 Å². The number of hydrogen-bond acceptors (Lipinski definition) is 7. The van der Waals surface area contributed by atoms with E-state index in [1.54, 1.807) is 41.0 Å². The van der Waals surface area contributed by atoms with Gasteiger partial charge in [0.2, 0.25) is 5.88 Å². The molecule has 0 saturated heterocycles. The number of carboxylic acid groups (broad SMARTS) is 1. The van der Waals surface area contributed by atoms with Gasteiger partial charge in [0.1, 0.15) is 17.3 Å². The number of aromatic nitrogens is 3. The number of aldehydes is 1. The van der Waals surface area contributed by atoms with E-state index >= 15 is 0 Å². The highest BCUT2D eigenvalue weighted by molar-refractivity contribution is 7.00. The van der Waals surface area contributed by atoms with E-state index in [-0.39, 0.29) is 5.88 Å². The number of ether oxygens (including phenoxy) is 1. The highest BCUT2D eigenvalue weighted by Gasteiger charge is 2.23. The van der Waals surface area contributed by atoms with Gasteiger partial charge in [-0.15, -0.1) is 0 Å². The molecule has 5 aromatic rings. The first kappa shape index (κ1) is 19.7. The van der Waals surface area contributed by atoms with Gasteiger partial charge in [0, 0.05) is 16.6 Å². The Morgan fingerprint density at radius 2 is 1.84 bits per heavy atom. The number of carbonyl (C=O) groups is 2. The van der Waals surface area contributed by atoms with Gasteiger partial charge in [-0.25, -0.2) is 4.79 Å². The molecule has 8 nitrogen and oxygen atoms in total. The molecule has 9 heteroatoms. The summed E-state index contributed by atoms with van der Waals surface area (Å²) >= 11 is 1.14. The van der Waals surface area contributed by atoms with E-state index in [2.05, 4.69) is 8.75 Å². The number of anilines is 1. The molecule has 0 aliphatic heterocycles. The van der Waals surface area contributed by atoms with E-state index in [1.165, 1.54) is 0 Å². The summed E-state index contributed by atoms with van der Waals surface area (Å²) in [6.45, 7) is 0.350. The highest BCUT2D eigenvalue weighted by atomic mass is 32.1. The molecular weight excluding hydrogens is 428 g/mol. The van der Waals surface area contributed by atoms with Crippen LogP contribution in [0, 0.1) is 0 Å². The molecular formula is C23H16N4O4S. The Hall–Kier alpha value is -4.24. The minimum Gasteiger partial charge on any atom is -0.449 e. The molecule has 0 amide bonds. The van der Waals surface area contributed by atoms with Crippen LogP contribution in [-0.2, 0) is 6.54 Å². The first-order valence-electron chi connectivity index (χ1n) is 9.63. The zero-order valence-electron chi connectivity index (χ0n) is 16.6. The quantitative estimate of drug-likeness (QED) is 0.227. The lowest BCUT2D eigenvalue weighted by Gasteiger charge is -2.11. The average Bonchev–Trinajstić information content (AvgIpc) is 3.36. The number of nitrogen functional groups attached to an aromatic ring is 1. The van der Waals surface area contributed by atoms with Crippen molar-refractivity contribution in [3.8, 4) is 17.0 Å². The third kappa shape index (κ3) is 3.44. The fraction of sp³-hybridized carbons (Fsp3) is 0.0435. The van der Waals surface area contributed by atoms with Gasteiger partial charge in [0.25, 0.3) is 0 Å². The van der Waals surface area contributed by atoms with Crippen molar-refractivity contribution in [2.75, 3.05) is 5.73 Å². The van der Waals surface area contributed by atoms with Crippen LogP contribution in [0.3, 0.4) is 0 Å². The van der Waals surface area contributed by atoms with E-state index in [1.807, 2.05) is 24.3 Å². The van der Waals surface area contributed by atoms with E-state index in [0.717, 1.165) is 45.5 Å². The molecule has 0 saturated carbocycles. The predicted molar refractivity (Wildman–Crippen MR) is 122 cm³/mol. The van der Waals surface area contributed by atoms with Crippen LogP contribution in [0.5, 0.6) is 5.88 Å². The molecule has 0 aliphatic rings. The molecule has 158 valence electrons. The van der Waals surface area contributed by atoms with Crippen molar-refractivity contribution in [3.63, 3.8) is 0 Å². The van der Waals surface area contributed by atoms with E-state index < -0.39 is 6.16 Å². The standard InChI is InChI=1S/C23H16N4O4S/c24-16-6-8-20-17(10-16)21(15-4-1-13(12-28)2-5-15)22(31-23(29)30)27(20)11-14-3-7-18-19(9-14)26-32-25-18/h1-10,12H,11,24H2,(H,29,30). The molecule has 0 unspecified atom stereocenters. The fourth-order valence-electron chi connectivity index (χ4n) is 3.81. The predicted octanol–water partition coefficient (Wildman–Crippen LogP) is 4.81. The smallest absolute Gasteiger partial charge is 0.449 e. The molecule has 0 atom stereocenters. The minimum absolute atomic E-state index is 0.174. The number of carbonyl (C=O) groups excluding carboxylic acids is 1. The molecule has 2 heterocycles. The molecule has 0 radical (unpaired) electrons. The zero-order chi connectivity index (χ0) is 22.2. The van der Waals surface area contributed by atoms with Gasteiger partial charge >= 0.3 is 6.16 Å². The largest absolute Gasteiger partial charge is 0.512 e. The highest BCUT2D eigenvalue weighted by Crippen LogP contribution is 2.41. The Kier molecular flexibility index (Phi) is 4.79. The number of fused-ring (bicyclic) bond motifs is 2. The summed E-state index contributed by atoms with van der Waals surface area (Å²) in [5, 5.41) is 10.2. The summed E-state index contributed by atoms with van der Waals surface area (Å²) in [4.78, 5) is 22.7. The first-order chi connectivity index (χ1) is 15.5. The number of nitrogens with two attached hydrogens (primary N) is 1. The lowest BCUT2D eigenvalue weighted by atomic mass is 10.0. The van der Waals surface area contributed by atoms with Crippen molar-refractivity contribution in [2.45, 2.75) is 6.54 Å². The van der Waals surface area contributed by atoms with Gasteiger partial charge in [0.15, 0.2) is 0 Å². The minimum atomic E-state index is -1.42. The molecule has 3 N–H and O–H groups in total. The van der Waals surface area contributed by atoms with Crippen LogP contribution in [0.4, 0.5) is 10.5 Å². The van der Waals surface area contributed by atoms with Gasteiger partial charge in [-0.1, -0.05) is 30.3 Å². The molecule has 32 heavy (non-hydrogen) atoms. The van der Waals surface area contributed by atoms with Crippen molar-refractivity contribution < 1.29 is 19.4 Å². The Labute approximate surface area is 185 Å². The number of rotatable bonds is 5. The molecule has 5 rings (SSSR count). The summed E-state index contributed by atoms with van der Waals surface area (Å²) in [6, 6.07) is 18.0. The van der Waals surface area contributed by atoms with Gasteiger partial charge in [0.05, 0.1) is 29.4 Å². The van der Waals surface area contributed by atoms with Crippen LogP contribution < -0.4 is 10.5 Å². The van der Waals surface area contributed by atoms with Crippen LogP contribution in [0.25, 0.3) is 33.1 Å². The molecule has 0 bridgehead atoms. The molecule has 3 aromatic carbocycles. The van der Waals surface area contributed by atoms with Gasteiger partial charge in [-0.05, 0) is 41.5 Å². The first-order valence-corrected chi connectivity index (χ1v) is 10.4. The maximum absolute atomic E-state index is 11.6. The lowest BCUT2D eigenvalue weighted by molar-refractivity contribution is 0.112. The lowest BCUT2D eigenvalue weighted by Crippen LogP contribution is -2.10. The number of nitrogens with zero attached hydrogens (tertiary/aromatic N) is 3. The van der Waals surface area contributed by atoms with Gasteiger partial charge in [-0.3, -0.25) is 4.79 Å². The van der Waals surface area contributed by atoms with Crippen molar-refractivity contribution >= 4 is 51.8 Å².